The molecule has 0 radical (unpaired) electrons. The first-order valence-electron chi connectivity index (χ1n) is 11.5. The van der Waals surface area contributed by atoms with E-state index in [1.165, 1.54) is 26.0 Å². The third kappa shape index (κ3) is 5.12. The Morgan fingerprint density at radius 2 is 1.75 bits per heavy atom. The number of hydrogen-bond donors (Lipinski definition) is 2. The van der Waals surface area contributed by atoms with Crippen LogP contribution >= 0.6 is 0 Å². The summed E-state index contributed by atoms with van der Waals surface area (Å²) in [6.45, 7) is 7.07. The minimum Gasteiger partial charge on any atom is -0.490 e. The molecule has 0 saturated carbocycles. The third-order valence-electron chi connectivity index (χ3n) is 6.17. The molecule has 1 amide bonds. The number of hydrogen-bond acceptors (Lipinski definition) is 5. The van der Waals surface area contributed by atoms with Crippen LogP contribution in [0, 0.1) is 19.7 Å². The van der Waals surface area contributed by atoms with Gasteiger partial charge in [-0.15, -0.1) is 0 Å². The van der Waals surface area contributed by atoms with Crippen LogP contribution in [-0.4, -0.2) is 36.3 Å². The quantitative estimate of drug-likeness (QED) is 0.465. The Morgan fingerprint density at radius 3 is 2.42 bits per heavy atom. The second-order valence-electron chi connectivity index (χ2n) is 9.32. The molecule has 7 nitrogen and oxygen atoms in total. The fraction of sp³-hybridized carbons (Fsp3) is 0.286. The van der Waals surface area contributed by atoms with Gasteiger partial charge >= 0.3 is 5.97 Å². The Hall–Kier alpha value is -4.07. The molecule has 0 aromatic heterocycles. The highest BCUT2D eigenvalue weighted by Crippen LogP contribution is 2.32. The predicted octanol–water partition coefficient (Wildman–Crippen LogP) is 5.28. The van der Waals surface area contributed by atoms with Gasteiger partial charge in [0.25, 0.3) is 5.91 Å². The largest absolute Gasteiger partial charge is 0.490 e. The Labute approximate surface area is 208 Å². The molecule has 1 aliphatic rings. The van der Waals surface area contributed by atoms with E-state index in [1.54, 1.807) is 26.0 Å². The molecule has 36 heavy (non-hydrogen) atoms. The smallest absolute Gasteiger partial charge is 0.313 e. The number of nitrogens with one attached hydrogen (secondary N) is 1. The van der Waals surface area contributed by atoms with Crippen molar-refractivity contribution in [2.45, 2.75) is 39.2 Å². The van der Waals surface area contributed by atoms with Crippen LogP contribution in [0.1, 0.15) is 40.9 Å². The Bertz CT molecular complexity index is 1300. The highest BCUT2D eigenvalue weighted by molar-refractivity contribution is 6.06. The van der Waals surface area contributed by atoms with Gasteiger partial charge in [-0.25, -0.2) is 4.39 Å². The lowest BCUT2D eigenvalue weighted by molar-refractivity contribution is -0.142. The number of carboxylic acids is 1. The van der Waals surface area contributed by atoms with E-state index in [1.807, 2.05) is 24.3 Å². The van der Waals surface area contributed by atoms with E-state index in [4.69, 9.17) is 14.2 Å². The molecule has 4 rings (SSSR count). The number of carbonyl (C=O) groups excluding carboxylic acids is 1. The van der Waals surface area contributed by atoms with Crippen LogP contribution in [0.3, 0.4) is 0 Å². The summed E-state index contributed by atoms with van der Waals surface area (Å²) in [5, 5.41) is 12.2. The van der Waals surface area contributed by atoms with Crippen molar-refractivity contribution in [2.75, 3.05) is 18.5 Å². The first-order chi connectivity index (χ1) is 17.1. The van der Waals surface area contributed by atoms with Crippen LogP contribution in [0.5, 0.6) is 17.2 Å². The van der Waals surface area contributed by atoms with Crippen molar-refractivity contribution in [1.82, 2.24) is 0 Å². The van der Waals surface area contributed by atoms with Gasteiger partial charge in [-0.3, -0.25) is 9.59 Å². The maximum absolute atomic E-state index is 14.3. The molecule has 0 bridgehead atoms. The number of aryl methyl sites for hydroxylation is 2. The fourth-order valence-corrected chi connectivity index (χ4v) is 4.09. The molecule has 0 aliphatic carbocycles. The third-order valence-corrected chi connectivity index (χ3v) is 6.17. The summed E-state index contributed by atoms with van der Waals surface area (Å²) < 4.78 is 31.9. The molecule has 1 atom stereocenters. The van der Waals surface area contributed by atoms with Crippen molar-refractivity contribution in [3.63, 3.8) is 0 Å². The summed E-state index contributed by atoms with van der Waals surface area (Å²) in [7, 11) is 0. The molecular formula is C28H28FNO6. The van der Waals surface area contributed by atoms with Crippen molar-refractivity contribution < 1.29 is 33.3 Å². The molecule has 0 spiro atoms. The zero-order valence-corrected chi connectivity index (χ0v) is 20.6. The maximum atomic E-state index is 14.3. The number of amides is 1. The molecule has 8 heteroatoms. The molecule has 3 aromatic carbocycles. The SMILES string of the molecule is Cc1cc(OC[C@@H]2COc3ccccc3O2)cc(C)c1C(=O)Nc1ccc(F)c(C(C)(C)C(=O)O)c1. The number of aliphatic carboxylic acids is 1. The molecule has 2 N–H and O–H groups in total. The van der Waals surface area contributed by atoms with Crippen LogP contribution in [0.15, 0.2) is 54.6 Å². The van der Waals surface area contributed by atoms with Crippen LogP contribution in [0.4, 0.5) is 10.1 Å². The predicted molar refractivity (Wildman–Crippen MR) is 133 cm³/mol. The van der Waals surface area contributed by atoms with E-state index < -0.39 is 17.2 Å². The summed E-state index contributed by atoms with van der Waals surface area (Å²) in [6.07, 6.45) is -0.272. The van der Waals surface area contributed by atoms with E-state index >= 15 is 0 Å². The summed E-state index contributed by atoms with van der Waals surface area (Å²) in [5.41, 5.74) is 0.687. The fourth-order valence-electron chi connectivity index (χ4n) is 4.09. The minimum atomic E-state index is -1.45. The van der Waals surface area contributed by atoms with Crippen LogP contribution in [-0.2, 0) is 10.2 Å². The van der Waals surface area contributed by atoms with Crippen molar-refractivity contribution in [3.05, 3.63) is 82.7 Å². The first kappa shape index (κ1) is 25.0. The average Bonchev–Trinajstić information content (AvgIpc) is 2.83. The number of carboxylic acid groups (broad SMARTS) is 1. The number of rotatable bonds is 7. The first-order valence-corrected chi connectivity index (χ1v) is 11.5. The van der Waals surface area contributed by atoms with Crippen molar-refractivity contribution in [3.8, 4) is 17.2 Å². The summed E-state index contributed by atoms with van der Waals surface area (Å²) in [4.78, 5) is 24.6. The molecule has 0 fully saturated rings. The van der Waals surface area contributed by atoms with Gasteiger partial charge in [0.2, 0.25) is 0 Å². The molecule has 0 unspecified atom stereocenters. The van der Waals surface area contributed by atoms with Gasteiger partial charge in [0.15, 0.2) is 17.6 Å². The van der Waals surface area contributed by atoms with Crippen molar-refractivity contribution >= 4 is 17.6 Å². The lowest BCUT2D eigenvalue weighted by atomic mass is 9.84. The molecule has 188 valence electrons. The zero-order chi connectivity index (χ0) is 26.0. The lowest BCUT2D eigenvalue weighted by Gasteiger charge is -2.26. The van der Waals surface area contributed by atoms with E-state index in [2.05, 4.69) is 5.32 Å². The number of carbonyl (C=O) groups is 2. The van der Waals surface area contributed by atoms with Gasteiger partial charge in [0.1, 0.15) is 24.8 Å². The topological polar surface area (TPSA) is 94.1 Å². The Morgan fingerprint density at radius 1 is 1.08 bits per heavy atom. The second kappa shape index (κ2) is 9.89. The van der Waals surface area contributed by atoms with E-state index in [0.29, 0.717) is 46.2 Å². The second-order valence-corrected chi connectivity index (χ2v) is 9.32. The standard InChI is InChI=1S/C28H28FNO6/c1-16-11-19(34-14-20-15-35-23-7-5-6-8-24(23)36-20)12-17(2)25(16)26(31)30-18-9-10-22(29)21(13-18)28(3,4)27(32)33/h5-13,20H,14-15H2,1-4H3,(H,30,31)(H,32,33)/t20-/m1/s1. The van der Waals surface area contributed by atoms with Gasteiger partial charge in [0, 0.05) is 16.8 Å². The number of benzene rings is 3. The normalized spacial score (nSPS) is 14.8. The highest BCUT2D eigenvalue weighted by Gasteiger charge is 2.32. The van der Waals surface area contributed by atoms with Gasteiger partial charge in [-0.2, -0.15) is 0 Å². The molecule has 1 aliphatic heterocycles. The van der Waals surface area contributed by atoms with Gasteiger partial charge in [-0.1, -0.05) is 12.1 Å². The van der Waals surface area contributed by atoms with Crippen molar-refractivity contribution in [1.29, 1.82) is 0 Å². The Kier molecular flexibility index (Phi) is 6.88. The summed E-state index contributed by atoms with van der Waals surface area (Å²) >= 11 is 0. The lowest BCUT2D eigenvalue weighted by Crippen LogP contribution is -2.34. The number of para-hydroxylation sites is 2. The summed E-state index contributed by atoms with van der Waals surface area (Å²) in [6, 6.07) is 14.9. The number of halogens is 1. The van der Waals surface area contributed by atoms with Gasteiger partial charge in [-0.05, 0) is 81.3 Å². The number of ether oxygens (including phenoxy) is 3. The highest BCUT2D eigenvalue weighted by atomic mass is 19.1. The molecule has 1 heterocycles. The molecule has 0 saturated heterocycles. The number of anilines is 1. The number of fused-ring (bicyclic) bond motifs is 1. The van der Waals surface area contributed by atoms with E-state index in [-0.39, 0.29) is 24.2 Å². The van der Waals surface area contributed by atoms with Crippen molar-refractivity contribution in [2.24, 2.45) is 0 Å². The van der Waals surface area contributed by atoms with Crippen LogP contribution in [0.2, 0.25) is 0 Å². The minimum absolute atomic E-state index is 0.0125. The van der Waals surface area contributed by atoms with Gasteiger partial charge in [0.05, 0.1) is 5.41 Å². The average molecular weight is 494 g/mol. The van der Waals surface area contributed by atoms with E-state index in [9.17, 15) is 19.1 Å². The monoisotopic (exact) mass is 493 g/mol. The van der Waals surface area contributed by atoms with Gasteiger partial charge < -0.3 is 24.6 Å². The molecular weight excluding hydrogens is 465 g/mol. The van der Waals surface area contributed by atoms with E-state index in [0.717, 1.165) is 6.07 Å². The summed E-state index contributed by atoms with van der Waals surface area (Å²) in [5.74, 6) is -0.228. The van der Waals surface area contributed by atoms with Crippen LogP contribution in [0.25, 0.3) is 0 Å². The maximum Gasteiger partial charge on any atom is 0.313 e. The zero-order valence-electron chi connectivity index (χ0n) is 20.6. The molecule has 3 aromatic rings. The Balaban J connectivity index is 1.45. The van der Waals surface area contributed by atoms with Crippen LogP contribution < -0.4 is 19.5 Å².